The standard InChI is InChI=1S/C27H32N2O5/c1-18-5-6-19(2)22(17-18)25(30)23-24(20-7-9-21(33-3)10-8-20)29(27(32)26(23)31)12-4-11-28-13-15-34-16-14-28/h5-10,17,24,30H,4,11-16H2,1-3H3. The van der Waals surface area contributed by atoms with Crippen molar-refractivity contribution in [2.75, 3.05) is 46.5 Å². The predicted octanol–water partition coefficient (Wildman–Crippen LogP) is 3.46. The summed E-state index contributed by atoms with van der Waals surface area (Å²) < 4.78 is 10.7. The second-order valence-electron chi connectivity index (χ2n) is 8.89. The summed E-state index contributed by atoms with van der Waals surface area (Å²) in [7, 11) is 1.59. The molecule has 1 atom stereocenters. The van der Waals surface area contributed by atoms with Crippen molar-refractivity contribution in [2.24, 2.45) is 0 Å². The van der Waals surface area contributed by atoms with Gasteiger partial charge in [-0.05, 0) is 49.6 Å². The summed E-state index contributed by atoms with van der Waals surface area (Å²) in [6, 6.07) is 12.4. The molecule has 34 heavy (non-hydrogen) atoms. The number of ether oxygens (including phenoxy) is 2. The molecule has 1 amide bonds. The van der Waals surface area contributed by atoms with E-state index in [1.807, 2.05) is 44.2 Å². The van der Waals surface area contributed by atoms with E-state index >= 15 is 0 Å². The molecule has 0 saturated carbocycles. The third-order valence-corrected chi connectivity index (χ3v) is 6.60. The molecule has 7 nitrogen and oxygen atoms in total. The van der Waals surface area contributed by atoms with Gasteiger partial charge < -0.3 is 19.5 Å². The number of nitrogens with zero attached hydrogens (tertiary/aromatic N) is 2. The lowest BCUT2D eigenvalue weighted by Crippen LogP contribution is -2.38. The highest BCUT2D eigenvalue weighted by Gasteiger charge is 2.46. The van der Waals surface area contributed by atoms with E-state index in [1.54, 1.807) is 24.1 Å². The average molecular weight is 465 g/mol. The molecule has 0 aromatic heterocycles. The van der Waals surface area contributed by atoms with Crippen molar-refractivity contribution in [1.82, 2.24) is 9.80 Å². The first-order valence-electron chi connectivity index (χ1n) is 11.7. The van der Waals surface area contributed by atoms with Crippen LogP contribution in [0.25, 0.3) is 5.76 Å². The molecule has 0 aliphatic carbocycles. The van der Waals surface area contributed by atoms with Crippen LogP contribution < -0.4 is 4.74 Å². The Morgan fingerprint density at radius 1 is 1.06 bits per heavy atom. The number of hydrogen-bond acceptors (Lipinski definition) is 6. The van der Waals surface area contributed by atoms with Crippen molar-refractivity contribution in [3.8, 4) is 5.75 Å². The summed E-state index contributed by atoms with van der Waals surface area (Å²) in [4.78, 5) is 30.3. The van der Waals surface area contributed by atoms with Crippen molar-refractivity contribution in [3.63, 3.8) is 0 Å². The van der Waals surface area contributed by atoms with E-state index in [0.717, 1.165) is 42.7 Å². The summed E-state index contributed by atoms with van der Waals surface area (Å²) in [6.45, 7) is 8.22. The summed E-state index contributed by atoms with van der Waals surface area (Å²) in [6.07, 6.45) is 0.725. The maximum Gasteiger partial charge on any atom is 0.295 e. The molecule has 180 valence electrons. The van der Waals surface area contributed by atoms with Gasteiger partial charge in [0.1, 0.15) is 11.5 Å². The maximum atomic E-state index is 13.2. The third-order valence-electron chi connectivity index (χ3n) is 6.60. The molecular weight excluding hydrogens is 432 g/mol. The molecule has 0 bridgehead atoms. The first-order valence-corrected chi connectivity index (χ1v) is 11.7. The second-order valence-corrected chi connectivity index (χ2v) is 8.89. The number of aliphatic hydroxyl groups is 1. The van der Waals surface area contributed by atoms with Gasteiger partial charge in [-0.3, -0.25) is 14.5 Å². The van der Waals surface area contributed by atoms with E-state index in [1.165, 1.54) is 0 Å². The van der Waals surface area contributed by atoms with Crippen LogP contribution in [-0.4, -0.2) is 73.1 Å². The van der Waals surface area contributed by atoms with Gasteiger partial charge in [-0.2, -0.15) is 0 Å². The molecule has 2 heterocycles. The van der Waals surface area contributed by atoms with E-state index in [-0.39, 0.29) is 11.3 Å². The number of amides is 1. The Hall–Kier alpha value is -3.16. The molecule has 2 aromatic rings. The van der Waals surface area contributed by atoms with Crippen LogP contribution >= 0.6 is 0 Å². The smallest absolute Gasteiger partial charge is 0.295 e. The molecule has 2 aliphatic heterocycles. The zero-order chi connectivity index (χ0) is 24.2. The van der Waals surface area contributed by atoms with Crippen LogP contribution in [-0.2, 0) is 14.3 Å². The fourth-order valence-corrected chi connectivity index (χ4v) is 4.67. The molecule has 2 saturated heterocycles. The number of carbonyl (C=O) groups is 2. The van der Waals surface area contributed by atoms with E-state index in [4.69, 9.17) is 9.47 Å². The van der Waals surface area contributed by atoms with Crippen molar-refractivity contribution >= 4 is 17.4 Å². The third kappa shape index (κ3) is 4.86. The molecular formula is C27H32N2O5. The minimum atomic E-state index is -0.657. The van der Waals surface area contributed by atoms with Gasteiger partial charge in [-0.15, -0.1) is 0 Å². The number of rotatable bonds is 7. The van der Waals surface area contributed by atoms with Crippen LogP contribution in [0.1, 0.15) is 34.7 Å². The fraction of sp³-hybridized carbons (Fsp3) is 0.407. The number of aliphatic hydroxyl groups excluding tert-OH is 1. The normalized spacial score (nSPS) is 20.7. The number of likely N-dealkylation sites (tertiary alicyclic amines) is 1. The summed E-state index contributed by atoms with van der Waals surface area (Å²) >= 11 is 0. The van der Waals surface area contributed by atoms with Gasteiger partial charge >= 0.3 is 0 Å². The van der Waals surface area contributed by atoms with E-state index in [2.05, 4.69) is 4.90 Å². The van der Waals surface area contributed by atoms with Gasteiger partial charge in [0.05, 0.1) is 31.9 Å². The number of ketones is 1. The lowest BCUT2D eigenvalue weighted by molar-refractivity contribution is -0.140. The van der Waals surface area contributed by atoms with Crippen LogP contribution in [0.4, 0.5) is 0 Å². The van der Waals surface area contributed by atoms with Gasteiger partial charge in [0, 0.05) is 31.7 Å². The summed E-state index contributed by atoms with van der Waals surface area (Å²) in [5.41, 5.74) is 3.28. The van der Waals surface area contributed by atoms with Gasteiger partial charge in [-0.25, -0.2) is 0 Å². The highest BCUT2D eigenvalue weighted by molar-refractivity contribution is 6.46. The lowest BCUT2D eigenvalue weighted by atomic mass is 9.93. The molecule has 4 rings (SSSR count). The first kappa shape index (κ1) is 24.0. The minimum absolute atomic E-state index is 0.129. The number of morpholine rings is 1. The van der Waals surface area contributed by atoms with Gasteiger partial charge in [0.15, 0.2) is 0 Å². The molecule has 2 aliphatic rings. The van der Waals surface area contributed by atoms with E-state index in [0.29, 0.717) is 31.1 Å². The van der Waals surface area contributed by atoms with Crippen molar-refractivity contribution in [3.05, 3.63) is 70.3 Å². The Morgan fingerprint density at radius 2 is 1.76 bits per heavy atom. The predicted molar refractivity (Wildman–Crippen MR) is 130 cm³/mol. The number of hydrogen-bond donors (Lipinski definition) is 1. The number of benzene rings is 2. The Balaban J connectivity index is 1.70. The Labute approximate surface area is 200 Å². The largest absolute Gasteiger partial charge is 0.507 e. The Morgan fingerprint density at radius 3 is 2.44 bits per heavy atom. The fourth-order valence-electron chi connectivity index (χ4n) is 4.67. The van der Waals surface area contributed by atoms with Gasteiger partial charge in [-0.1, -0.05) is 29.8 Å². The van der Waals surface area contributed by atoms with Crippen LogP contribution in [0.3, 0.4) is 0 Å². The van der Waals surface area contributed by atoms with E-state index < -0.39 is 17.7 Å². The van der Waals surface area contributed by atoms with Crippen LogP contribution in [0.2, 0.25) is 0 Å². The highest BCUT2D eigenvalue weighted by Crippen LogP contribution is 2.40. The van der Waals surface area contributed by atoms with Gasteiger partial charge in [0.25, 0.3) is 11.7 Å². The quantitative estimate of drug-likeness (QED) is 0.384. The Kier molecular flexibility index (Phi) is 7.34. The molecule has 7 heteroatoms. The zero-order valence-corrected chi connectivity index (χ0v) is 20.0. The maximum absolute atomic E-state index is 13.2. The number of carbonyl (C=O) groups excluding carboxylic acids is 2. The lowest BCUT2D eigenvalue weighted by Gasteiger charge is -2.29. The Bertz CT molecular complexity index is 1090. The monoisotopic (exact) mass is 464 g/mol. The zero-order valence-electron chi connectivity index (χ0n) is 20.0. The molecule has 1 N–H and O–H groups in total. The van der Waals surface area contributed by atoms with Crippen molar-refractivity contribution in [2.45, 2.75) is 26.3 Å². The highest BCUT2D eigenvalue weighted by atomic mass is 16.5. The van der Waals surface area contributed by atoms with Crippen molar-refractivity contribution < 1.29 is 24.2 Å². The van der Waals surface area contributed by atoms with Gasteiger partial charge in [0.2, 0.25) is 0 Å². The van der Waals surface area contributed by atoms with Crippen molar-refractivity contribution in [1.29, 1.82) is 0 Å². The number of Topliss-reactive ketones (excluding diaryl/α,β-unsaturated/α-hetero) is 1. The molecule has 0 radical (unpaired) electrons. The average Bonchev–Trinajstić information content (AvgIpc) is 3.11. The topological polar surface area (TPSA) is 79.3 Å². The molecule has 2 aromatic carbocycles. The molecule has 1 unspecified atom stereocenters. The summed E-state index contributed by atoms with van der Waals surface area (Å²) in [5.74, 6) is -0.668. The number of aryl methyl sites for hydroxylation is 2. The minimum Gasteiger partial charge on any atom is -0.507 e. The molecule has 0 spiro atoms. The van der Waals surface area contributed by atoms with Crippen LogP contribution in [0, 0.1) is 13.8 Å². The van der Waals surface area contributed by atoms with Crippen LogP contribution in [0.15, 0.2) is 48.0 Å². The second kappa shape index (κ2) is 10.4. The summed E-state index contributed by atoms with van der Waals surface area (Å²) in [5, 5.41) is 11.3. The SMILES string of the molecule is COc1ccc(C2C(=C(O)c3cc(C)ccc3C)C(=O)C(=O)N2CCCN2CCOCC2)cc1. The first-order chi connectivity index (χ1) is 16.4. The van der Waals surface area contributed by atoms with E-state index in [9.17, 15) is 14.7 Å². The molecule has 2 fully saturated rings. The number of methoxy groups -OCH3 is 1. The van der Waals surface area contributed by atoms with Crippen LogP contribution in [0.5, 0.6) is 5.75 Å².